The molecule has 0 fully saturated rings. The molecule has 8 heteroatoms. The molecule has 2 aromatic rings. The summed E-state index contributed by atoms with van der Waals surface area (Å²) in [5.41, 5.74) is 5.14. The highest BCUT2D eigenvalue weighted by Gasteiger charge is 2.02. The molecule has 0 atom stereocenters. The van der Waals surface area contributed by atoms with E-state index in [1.807, 2.05) is 10.0 Å². The molecule has 4 heterocycles. The second kappa shape index (κ2) is 14.3. The Balaban J connectivity index is 1.48. The van der Waals surface area contributed by atoms with Gasteiger partial charge in [0, 0.05) is 78.5 Å². The van der Waals surface area contributed by atoms with Gasteiger partial charge in [0.2, 0.25) is 0 Å². The van der Waals surface area contributed by atoms with Crippen LogP contribution in [0.5, 0.6) is 0 Å². The molecular formula is C24H40N8. The molecule has 0 amide bonds. The summed E-state index contributed by atoms with van der Waals surface area (Å²) in [6, 6.07) is 17.5. The summed E-state index contributed by atoms with van der Waals surface area (Å²) in [5, 5.41) is 17.6. The van der Waals surface area contributed by atoms with Crippen molar-refractivity contribution in [2.75, 3.05) is 52.4 Å². The molecule has 0 saturated heterocycles. The lowest BCUT2D eigenvalue weighted by atomic mass is 10.1. The minimum absolute atomic E-state index is 0.823. The molecule has 8 N–H and O–H groups in total. The SMILES string of the molecule is NN1CCNCc2ccc(cc2)CNCCN(N)CCNCc2ccc(cc2)CNCC1. The number of hydrogen-bond donors (Lipinski definition) is 6. The standard InChI is InChI=1S/C24H40N8/c25-31-13-9-27-17-21-1-2-22(4-3-21)18-28-10-14-32(26)16-12-30-20-24-7-5-23(6-8-24)19-29-11-15-31/h1-8,27-30H,9-20,25-26H2. The van der Waals surface area contributed by atoms with E-state index in [1.54, 1.807) is 0 Å². The van der Waals surface area contributed by atoms with Gasteiger partial charge >= 0.3 is 0 Å². The van der Waals surface area contributed by atoms with Crippen molar-refractivity contribution in [1.82, 2.24) is 31.3 Å². The zero-order valence-electron chi connectivity index (χ0n) is 19.2. The molecule has 0 unspecified atom stereocenters. The summed E-state index contributed by atoms with van der Waals surface area (Å²) in [4.78, 5) is 0. The fourth-order valence-corrected chi connectivity index (χ4v) is 3.60. The van der Waals surface area contributed by atoms with Gasteiger partial charge in [-0.05, 0) is 22.3 Å². The van der Waals surface area contributed by atoms with E-state index in [0.29, 0.717) is 0 Å². The van der Waals surface area contributed by atoms with Crippen molar-refractivity contribution in [3.8, 4) is 0 Å². The fraction of sp³-hybridized carbons (Fsp3) is 0.500. The first-order chi connectivity index (χ1) is 15.7. The first-order valence-electron chi connectivity index (χ1n) is 11.7. The van der Waals surface area contributed by atoms with Crippen molar-refractivity contribution in [1.29, 1.82) is 0 Å². The summed E-state index contributed by atoms with van der Waals surface area (Å²) < 4.78 is 0. The second-order valence-corrected chi connectivity index (χ2v) is 8.41. The number of hydrogen-bond acceptors (Lipinski definition) is 8. The van der Waals surface area contributed by atoms with Crippen LogP contribution in [0.2, 0.25) is 0 Å². The van der Waals surface area contributed by atoms with Crippen LogP contribution in [-0.2, 0) is 26.2 Å². The second-order valence-electron chi connectivity index (χ2n) is 8.41. The van der Waals surface area contributed by atoms with Crippen molar-refractivity contribution < 1.29 is 0 Å². The van der Waals surface area contributed by atoms with E-state index >= 15 is 0 Å². The molecule has 0 aromatic heterocycles. The van der Waals surface area contributed by atoms with Crippen LogP contribution < -0.4 is 33.0 Å². The Morgan fingerprint density at radius 3 is 0.875 bits per heavy atom. The molecule has 0 saturated carbocycles. The van der Waals surface area contributed by atoms with Crippen LogP contribution in [0.3, 0.4) is 0 Å². The van der Waals surface area contributed by atoms with Crippen LogP contribution in [0.15, 0.2) is 48.5 Å². The molecule has 176 valence electrons. The van der Waals surface area contributed by atoms with Gasteiger partial charge in [0.15, 0.2) is 0 Å². The van der Waals surface area contributed by atoms with Gasteiger partial charge in [-0.1, -0.05) is 48.5 Å². The Hall–Kier alpha value is -1.88. The summed E-state index contributed by atoms with van der Waals surface area (Å²) in [6.07, 6.45) is 0. The highest BCUT2D eigenvalue weighted by molar-refractivity contribution is 5.23. The van der Waals surface area contributed by atoms with Crippen molar-refractivity contribution in [3.63, 3.8) is 0 Å². The maximum atomic E-state index is 6.12. The number of nitrogens with one attached hydrogen (secondary N) is 4. The van der Waals surface area contributed by atoms with Gasteiger partial charge in [-0.2, -0.15) is 0 Å². The highest BCUT2D eigenvalue weighted by atomic mass is 15.4. The molecule has 8 nitrogen and oxygen atoms in total. The van der Waals surface area contributed by atoms with Crippen molar-refractivity contribution in [2.24, 2.45) is 11.7 Å². The van der Waals surface area contributed by atoms with Gasteiger partial charge < -0.3 is 21.3 Å². The summed E-state index contributed by atoms with van der Waals surface area (Å²) in [5.74, 6) is 12.2. The number of benzene rings is 2. The topological polar surface area (TPSA) is 107 Å². The fourth-order valence-electron chi connectivity index (χ4n) is 3.60. The Kier molecular flexibility index (Phi) is 11.1. The van der Waals surface area contributed by atoms with Gasteiger partial charge in [-0.3, -0.25) is 11.7 Å². The largest absolute Gasteiger partial charge is 0.311 e. The lowest BCUT2D eigenvalue weighted by Gasteiger charge is -2.18. The average molecular weight is 441 g/mol. The average Bonchev–Trinajstić information content (AvgIpc) is 2.81. The number of nitrogens with zero attached hydrogens (tertiary/aromatic N) is 2. The number of hydrazine groups is 2. The van der Waals surface area contributed by atoms with Crippen LogP contribution in [0.1, 0.15) is 22.3 Å². The predicted octanol–water partition coefficient (Wildman–Crippen LogP) is 0.110. The van der Waals surface area contributed by atoms with E-state index in [2.05, 4.69) is 69.8 Å². The summed E-state index contributed by atoms with van der Waals surface area (Å²) in [6.45, 7) is 10.2. The van der Waals surface area contributed by atoms with Crippen molar-refractivity contribution in [2.45, 2.75) is 26.2 Å². The lowest BCUT2D eigenvalue weighted by molar-refractivity contribution is 0.281. The first-order valence-corrected chi connectivity index (χ1v) is 11.7. The lowest BCUT2D eigenvalue weighted by Crippen LogP contribution is -2.41. The number of rotatable bonds is 0. The molecule has 0 aliphatic carbocycles. The van der Waals surface area contributed by atoms with E-state index in [1.165, 1.54) is 22.3 Å². The maximum Gasteiger partial charge on any atom is 0.0254 e. The van der Waals surface area contributed by atoms with Crippen molar-refractivity contribution >= 4 is 0 Å². The van der Waals surface area contributed by atoms with E-state index in [0.717, 1.165) is 78.5 Å². The van der Waals surface area contributed by atoms with E-state index in [9.17, 15) is 0 Å². The third kappa shape index (κ3) is 9.72. The molecular weight excluding hydrogens is 400 g/mol. The Labute approximate surface area is 192 Å². The van der Waals surface area contributed by atoms with Crippen LogP contribution >= 0.6 is 0 Å². The Bertz CT molecular complexity index is 622. The van der Waals surface area contributed by atoms with Crippen LogP contribution in [0.25, 0.3) is 0 Å². The quantitative estimate of drug-likeness (QED) is 0.321. The van der Waals surface area contributed by atoms with Crippen molar-refractivity contribution in [3.05, 3.63) is 70.8 Å². The minimum Gasteiger partial charge on any atom is -0.311 e. The van der Waals surface area contributed by atoms with E-state index < -0.39 is 0 Å². The predicted molar refractivity (Wildman–Crippen MR) is 131 cm³/mol. The zero-order chi connectivity index (χ0) is 22.4. The molecule has 2 aromatic carbocycles. The molecule has 4 bridgehead atoms. The van der Waals surface area contributed by atoms with Crippen LogP contribution in [0.4, 0.5) is 0 Å². The molecule has 4 aliphatic heterocycles. The maximum absolute atomic E-state index is 6.12. The highest BCUT2D eigenvalue weighted by Crippen LogP contribution is 2.05. The van der Waals surface area contributed by atoms with Gasteiger partial charge in [-0.15, -0.1) is 0 Å². The zero-order valence-corrected chi connectivity index (χ0v) is 19.2. The third-order valence-electron chi connectivity index (χ3n) is 5.67. The van der Waals surface area contributed by atoms with Gasteiger partial charge in [0.05, 0.1) is 0 Å². The monoisotopic (exact) mass is 440 g/mol. The Morgan fingerprint density at radius 1 is 0.438 bits per heavy atom. The summed E-state index contributed by atoms with van der Waals surface area (Å²) >= 11 is 0. The smallest absolute Gasteiger partial charge is 0.0254 e. The molecule has 32 heavy (non-hydrogen) atoms. The van der Waals surface area contributed by atoms with Gasteiger partial charge in [0.25, 0.3) is 0 Å². The normalized spacial score (nSPS) is 19.8. The van der Waals surface area contributed by atoms with E-state index in [4.69, 9.17) is 11.7 Å². The van der Waals surface area contributed by atoms with Gasteiger partial charge in [-0.25, -0.2) is 10.0 Å². The first kappa shape index (κ1) is 24.8. The molecule has 0 radical (unpaired) electrons. The van der Waals surface area contributed by atoms with Crippen LogP contribution in [-0.4, -0.2) is 62.4 Å². The van der Waals surface area contributed by atoms with Crippen LogP contribution in [0, 0.1) is 0 Å². The van der Waals surface area contributed by atoms with Gasteiger partial charge in [0.1, 0.15) is 0 Å². The third-order valence-corrected chi connectivity index (χ3v) is 5.67. The molecule has 6 rings (SSSR count). The molecule has 0 spiro atoms. The minimum atomic E-state index is 0.823. The molecule has 4 aliphatic rings. The summed E-state index contributed by atoms with van der Waals surface area (Å²) in [7, 11) is 0. The number of nitrogens with two attached hydrogens (primary N) is 2. The Morgan fingerprint density at radius 2 is 0.656 bits per heavy atom. The van der Waals surface area contributed by atoms with E-state index in [-0.39, 0.29) is 0 Å².